The molecule has 0 spiro atoms. The third kappa shape index (κ3) is 3.96. The Hall–Kier alpha value is -4.05. The number of hydrogen-bond donors (Lipinski definition) is 1. The Balaban J connectivity index is 1.68. The molecule has 190 valence electrons. The van der Waals surface area contributed by atoms with E-state index in [1.54, 1.807) is 6.08 Å². The van der Waals surface area contributed by atoms with E-state index in [9.17, 15) is 14.7 Å². The van der Waals surface area contributed by atoms with Crippen molar-refractivity contribution in [1.82, 2.24) is 4.98 Å². The number of rotatable bonds is 2. The van der Waals surface area contributed by atoms with E-state index < -0.39 is 5.41 Å². The molecule has 4 nitrogen and oxygen atoms in total. The van der Waals surface area contributed by atoms with Gasteiger partial charge in [0.05, 0.1) is 16.8 Å². The molecule has 0 saturated carbocycles. The summed E-state index contributed by atoms with van der Waals surface area (Å²) in [6, 6.07) is 22.5. The average molecular weight is 502 g/mol. The molecule has 0 fully saturated rings. The second-order valence-electron chi connectivity index (χ2n) is 12.1. The van der Waals surface area contributed by atoms with Gasteiger partial charge in [-0.25, -0.2) is 4.98 Å². The molecule has 38 heavy (non-hydrogen) atoms. The zero-order valence-electron chi connectivity index (χ0n) is 22.3. The van der Waals surface area contributed by atoms with Gasteiger partial charge in [-0.05, 0) is 50.9 Å². The monoisotopic (exact) mass is 501 g/mol. The second-order valence-corrected chi connectivity index (χ2v) is 12.1. The molecule has 1 heterocycles. The van der Waals surface area contributed by atoms with Crippen molar-refractivity contribution in [2.75, 3.05) is 0 Å². The van der Waals surface area contributed by atoms with Crippen molar-refractivity contribution in [3.05, 3.63) is 95.4 Å². The average Bonchev–Trinajstić information content (AvgIpc) is 2.86. The van der Waals surface area contributed by atoms with Gasteiger partial charge in [-0.3, -0.25) is 9.59 Å². The molecular formula is C34H31NO3. The fourth-order valence-electron chi connectivity index (χ4n) is 6.06. The van der Waals surface area contributed by atoms with Gasteiger partial charge in [-0.15, -0.1) is 0 Å². The van der Waals surface area contributed by atoms with Crippen LogP contribution in [0.4, 0.5) is 0 Å². The number of aliphatic hydroxyl groups is 1. The number of carbonyl (C=O) groups is 2. The summed E-state index contributed by atoms with van der Waals surface area (Å²) in [6.07, 6.45) is 2.93. The third-order valence-corrected chi connectivity index (χ3v) is 7.99. The summed E-state index contributed by atoms with van der Waals surface area (Å²) in [7, 11) is 0. The van der Waals surface area contributed by atoms with E-state index in [2.05, 4.69) is 30.3 Å². The molecule has 0 radical (unpaired) electrons. The number of ketones is 2. The number of Topliss-reactive ketones (excluding diaryl/α,β-unsaturated/α-hetero) is 2. The fraction of sp³-hybridized carbons (Fsp3) is 0.265. The number of allylic oxidation sites excluding steroid dienone is 4. The minimum atomic E-state index is -0.547. The third-order valence-electron chi connectivity index (χ3n) is 7.99. The minimum Gasteiger partial charge on any atom is -0.512 e. The van der Waals surface area contributed by atoms with Crippen molar-refractivity contribution in [3.8, 4) is 11.1 Å². The Morgan fingerprint density at radius 1 is 0.789 bits per heavy atom. The van der Waals surface area contributed by atoms with Crippen LogP contribution in [0, 0.1) is 10.8 Å². The lowest BCUT2D eigenvalue weighted by atomic mass is 9.69. The quantitative estimate of drug-likeness (QED) is 0.281. The van der Waals surface area contributed by atoms with Crippen LogP contribution in [0.3, 0.4) is 0 Å². The van der Waals surface area contributed by atoms with E-state index in [0.717, 1.165) is 38.4 Å². The van der Waals surface area contributed by atoms with Gasteiger partial charge < -0.3 is 5.11 Å². The molecule has 0 atom stereocenters. The fourth-order valence-corrected chi connectivity index (χ4v) is 6.06. The largest absolute Gasteiger partial charge is 0.512 e. The molecule has 4 aromatic rings. The van der Waals surface area contributed by atoms with Crippen LogP contribution in [0.5, 0.6) is 0 Å². The topological polar surface area (TPSA) is 67.3 Å². The molecule has 0 saturated heterocycles. The highest BCUT2D eigenvalue weighted by Crippen LogP contribution is 2.47. The van der Waals surface area contributed by atoms with Crippen molar-refractivity contribution >= 4 is 38.8 Å². The summed E-state index contributed by atoms with van der Waals surface area (Å²) in [4.78, 5) is 31.8. The summed E-state index contributed by atoms with van der Waals surface area (Å²) in [6.45, 7) is 8.01. The number of hydrogen-bond acceptors (Lipinski definition) is 4. The van der Waals surface area contributed by atoms with Crippen molar-refractivity contribution in [2.24, 2.45) is 10.8 Å². The van der Waals surface area contributed by atoms with Crippen LogP contribution in [-0.4, -0.2) is 21.7 Å². The number of pyridine rings is 1. The van der Waals surface area contributed by atoms with E-state index in [1.165, 1.54) is 0 Å². The molecule has 0 unspecified atom stereocenters. The summed E-state index contributed by atoms with van der Waals surface area (Å²) >= 11 is 0. The Bertz CT molecular complexity index is 1720. The van der Waals surface area contributed by atoms with Crippen molar-refractivity contribution in [1.29, 1.82) is 0 Å². The van der Waals surface area contributed by atoms with Gasteiger partial charge in [-0.1, -0.05) is 82.3 Å². The first-order chi connectivity index (χ1) is 18.0. The normalized spacial score (nSPS) is 19.8. The van der Waals surface area contributed by atoms with Crippen molar-refractivity contribution < 1.29 is 14.7 Å². The first kappa shape index (κ1) is 24.3. The van der Waals surface area contributed by atoms with E-state index in [1.807, 2.05) is 64.1 Å². The minimum absolute atomic E-state index is 0.0417. The second kappa shape index (κ2) is 8.49. The number of fused-ring (bicyclic) bond motifs is 4. The Morgan fingerprint density at radius 3 is 2.24 bits per heavy atom. The number of aliphatic hydroxyl groups excluding tert-OH is 1. The standard InChI is InChI=1S/C34H31NO3/c1-33(2)17-28(36)25(29(37)18-33)16-27-32-26(30(38)19-34(27,3)4)15-24-22-13-9-8-12-21(22)14-23(31(24)35-32)20-10-6-5-7-11-20/h5-16,36H,17-19H2,1-4H3/b27-16-. The van der Waals surface area contributed by atoms with Crippen LogP contribution in [0.25, 0.3) is 38.4 Å². The number of carbonyl (C=O) groups excluding carboxylic acids is 2. The zero-order chi connectivity index (χ0) is 26.8. The summed E-state index contributed by atoms with van der Waals surface area (Å²) in [5.74, 6) is 0.0852. The summed E-state index contributed by atoms with van der Waals surface area (Å²) in [5.41, 5.74) is 4.37. The maximum Gasteiger partial charge on any atom is 0.166 e. The first-order valence-corrected chi connectivity index (χ1v) is 13.2. The Labute approximate surface area is 222 Å². The lowest BCUT2D eigenvalue weighted by molar-refractivity contribution is -0.118. The van der Waals surface area contributed by atoms with Gasteiger partial charge in [0.2, 0.25) is 0 Å². The highest BCUT2D eigenvalue weighted by molar-refractivity contribution is 6.16. The van der Waals surface area contributed by atoms with E-state index in [4.69, 9.17) is 4.98 Å². The van der Waals surface area contributed by atoms with E-state index >= 15 is 0 Å². The molecule has 0 aliphatic heterocycles. The maximum atomic E-state index is 13.5. The van der Waals surface area contributed by atoms with Gasteiger partial charge in [0, 0.05) is 35.8 Å². The molecule has 0 amide bonds. The van der Waals surface area contributed by atoms with E-state index in [0.29, 0.717) is 36.1 Å². The van der Waals surface area contributed by atoms with E-state index in [-0.39, 0.29) is 22.7 Å². The van der Waals surface area contributed by atoms with Gasteiger partial charge in [-0.2, -0.15) is 0 Å². The molecule has 1 N–H and O–H groups in total. The van der Waals surface area contributed by atoms with Crippen LogP contribution in [0.15, 0.2) is 84.1 Å². The molecular weight excluding hydrogens is 470 g/mol. The SMILES string of the molecule is CC1(C)CC(=O)C(/C=C2/c3nc4c(-c5ccccc5)cc5ccccc5c4cc3C(=O)CC2(C)C)=C(O)C1. The van der Waals surface area contributed by atoms with Crippen LogP contribution < -0.4 is 0 Å². The predicted molar refractivity (Wildman–Crippen MR) is 153 cm³/mol. The Morgan fingerprint density at radius 2 is 1.50 bits per heavy atom. The summed E-state index contributed by atoms with van der Waals surface area (Å²) < 4.78 is 0. The summed E-state index contributed by atoms with van der Waals surface area (Å²) in [5, 5.41) is 14.0. The molecule has 4 heteroatoms. The van der Waals surface area contributed by atoms with Crippen LogP contribution in [0.1, 0.15) is 63.0 Å². The van der Waals surface area contributed by atoms with Crippen molar-refractivity contribution in [3.63, 3.8) is 0 Å². The predicted octanol–water partition coefficient (Wildman–Crippen LogP) is 8.25. The van der Waals surface area contributed by atoms with Gasteiger partial charge in [0.15, 0.2) is 11.6 Å². The van der Waals surface area contributed by atoms with Gasteiger partial charge >= 0.3 is 0 Å². The molecule has 2 aliphatic rings. The number of benzene rings is 3. The molecule has 1 aromatic heterocycles. The van der Waals surface area contributed by atoms with Gasteiger partial charge in [0.1, 0.15) is 5.76 Å². The lowest BCUT2D eigenvalue weighted by Gasteiger charge is -2.34. The number of aromatic nitrogens is 1. The molecule has 0 bridgehead atoms. The molecule has 6 rings (SSSR count). The lowest BCUT2D eigenvalue weighted by Crippen LogP contribution is -2.29. The smallest absolute Gasteiger partial charge is 0.166 e. The van der Waals surface area contributed by atoms with Crippen LogP contribution >= 0.6 is 0 Å². The molecule has 2 aliphatic carbocycles. The highest BCUT2D eigenvalue weighted by Gasteiger charge is 2.39. The number of nitrogens with zero attached hydrogens (tertiary/aromatic N) is 1. The van der Waals surface area contributed by atoms with Gasteiger partial charge in [0.25, 0.3) is 0 Å². The van der Waals surface area contributed by atoms with Crippen molar-refractivity contribution in [2.45, 2.75) is 47.0 Å². The van der Waals surface area contributed by atoms with Crippen LogP contribution in [-0.2, 0) is 4.79 Å². The highest BCUT2D eigenvalue weighted by atomic mass is 16.3. The first-order valence-electron chi connectivity index (χ1n) is 13.2. The zero-order valence-corrected chi connectivity index (χ0v) is 22.3. The molecule has 3 aromatic carbocycles. The maximum absolute atomic E-state index is 13.5. The Kier molecular flexibility index (Phi) is 5.43. The van der Waals surface area contributed by atoms with Crippen LogP contribution in [0.2, 0.25) is 0 Å².